The van der Waals surface area contributed by atoms with Gasteiger partial charge in [-0.3, -0.25) is 4.79 Å². The Kier molecular flexibility index (Phi) is 3.95. The number of nitrogens with one attached hydrogen (secondary N) is 1. The van der Waals surface area contributed by atoms with Gasteiger partial charge in [-0.15, -0.1) is 0 Å². The molecule has 0 saturated heterocycles. The first-order valence-electron chi connectivity index (χ1n) is 7.98. The summed E-state index contributed by atoms with van der Waals surface area (Å²) in [5.74, 6) is 0.251. The monoisotopic (exact) mass is 272 g/mol. The van der Waals surface area contributed by atoms with Gasteiger partial charge >= 0.3 is 0 Å². The molecular formula is C17H24N2O. The molecule has 1 fully saturated rings. The second kappa shape index (κ2) is 5.86. The van der Waals surface area contributed by atoms with Crippen molar-refractivity contribution in [3.63, 3.8) is 0 Å². The summed E-state index contributed by atoms with van der Waals surface area (Å²) in [6, 6.07) is 6.62. The number of anilines is 1. The van der Waals surface area contributed by atoms with Crippen LogP contribution in [0.25, 0.3) is 0 Å². The van der Waals surface area contributed by atoms with Crippen LogP contribution in [0.5, 0.6) is 0 Å². The van der Waals surface area contributed by atoms with Crippen LogP contribution in [0.1, 0.15) is 54.9 Å². The van der Waals surface area contributed by atoms with E-state index in [9.17, 15) is 4.79 Å². The van der Waals surface area contributed by atoms with Gasteiger partial charge in [0.2, 0.25) is 0 Å². The van der Waals surface area contributed by atoms with Crippen LogP contribution in [0.3, 0.4) is 0 Å². The van der Waals surface area contributed by atoms with Gasteiger partial charge in [-0.1, -0.05) is 19.4 Å². The van der Waals surface area contributed by atoms with Crippen molar-refractivity contribution in [2.45, 2.75) is 51.5 Å². The largest absolute Gasteiger partial charge is 0.385 e. The zero-order chi connectivity index (χ0) is 13.9. The van der Waals surface area contributed by atoms with Gasteiger partial charge < -0.3 is 10.2 Å². The molecule has 3 nitrogen and oxygen atoms in total. The highest BCUT2D eigenvalue weighted by Gasteiger charge is 2.33. The third kappa shape index (κ3) is 2.67. The van der Waals surface area contributed by atoms with E-state index in [1.165, 1.54) is 18.4 Å². The molecule has 0 radical (unpaired) electrons. The second-order valence-corrected chi connectivity index (χ2v) is 5.95. The number of fused-ring (bicyclic) bond motifs is 1. The number of carbonyl (C=O) groups excluding carboxylic acids is 1. The number of hydrogen-bond acceptors (Lipinski definition) is 2. The van der Waals surface area contributed by atoms with Crippen LogP contribution in [-0.2, 0) is 6.42 Å². The lowest BCUT2D eigenvalue weighted by Crippen LogP contribution is -2.35. The lowest BCUT2D eigenvalue weighted by Gasteiger charge is -2.26. The van der Waals surface area contributed by atoms with Crippen LogP contribution in [0.15, 0.2) is 18.2 Å². The third-order valence-corrected chi connectivity index (χ3v) is 4.33. The number of carbonyl (C=O) groups is 1. The molecule has 1 aliphatic carbocycles. The molecule has 3 heteroatoms. The summed E-state index contributed by atoms with van der Waals surface area (Å²) in [5, 5.41) is 3.41. The van der Waals surface area contributed by atoms with Crippen LogP contribution in [-0.4, -0.2) is 29.9 Å². The second-order valence-electron chi connectivity index (χ2n) is 5.95. The molecule has 20 heavy (non-hydrogen) atoms. The Morgan fingerprint density at radius 3 is 3.00 bits per heavy atom. The van der Waals surface area contributed by atoms with Crippen molar-refractivity contribution < 1.29 is 4.79 Å². The van der Waals surface area contributed by atoms with Crippen molar-refractivity contribution in [2.24, 2.45) is 0 Å². The van der Waals surface area contributed by atoms with Gasteiger partial charge in [0.25, 0.3) is 5.91 Å². The Bertz CT molecular complexity index is 494. The molecule has 0 spiro atoms. The van der Waals surface area contributed by atoms with Gasteiger partial charge in [-0.2, -0.15) is 0 Å². The number of hydrogen-bond donors (Lipinski definition) is 1. The van der Waals surface area contributed by atoms with Crippen LogP contribution in [0.2, 0.25) is 0 Å². The van der Waals surface area contributed by atoms with E-state index in [1.54, 1.807) is 0 Å². The molecule has 1 amide bonds. The molecule has 1 saturated carbocycles. The molecule has 0 aromatic heterocycles. The summed E-state index contributed by atoms with van der Waals surface area (Å²) < 4.78 is 0. The minimum Gasteiger partial charge on any atom is -0.385 e. The van der Waals surface area contributed by atoms with E-state index >= 15 is 0 Å². The standard InChI is InChI=1S/C17H24N2O/c1-2-3-12-19(13-9-10-13)17(20)15-6-4-8-16-14(15)7-5-11-18-16/h4,6,8,13,18H,2-3,5,7,9-12H2,1H3. The van der Waals surface area contributed by atoms with Crippen molar-refractivity contribution in [2.75, 3.05) is 18.4 Å². The van der Waals surface area contributed by atoms with E-state index < -0.39 is 0 Å². The fourth-order valence-corrected chi connectivity index (χ4v) is 3.03. The highest BCUT2D eigenvalue weighted by molar-refractivity contribution is 5.97. The molecule has 1 N–H and O–H groups in total. The van der Waals surface area contributed by atoms with E-state index in [0.29, 0.717) is 6.04 Å². The molecule has 1 aliphatic heterocycles. The molecule has 1 heterocycles. The number of amides is 1. The van der Waals surface area contributed by atoms with E-state index in [1.807, 2.05) is 12.1 Å². The maximum absolute atomic E-state index is 12.9. The topological polar surface area (TPSA) is 32.3 Å². The number of rotatable bonds is 5. The van der Waals surface area contributed by atoms with E-state index in [-0.39, 0.29) is 5.91 Å². The Morgan fingerprint density at radius 1 is 1.40 bits per heavy atom. The lowest BCUT2D eigenvalue weighted by molar-refractivity contribution is 0.0739. The predicted octanol–water partition coefficient (Wildman–Crippen LogP) is 3.45. The predicted molar refractivity (Wildman–Crippen MR) is 82.2 cm³/mol. The van der Waals surface area contributed by atoms with Crippen molar-refractivity contribution in [3.8, 4) is 0 Å². The number of benzene rings is 1. The normalized spacial score (nSPS) is 17.2. The fraction of sp³-hybridized carbons (Fsp3) is 0.588. The third-order valence-electron chi connectivity index (χ3n) is 4.33. The number of nitrogens with zero attached hydrogens (tertiary/aromatic N) is 1. The average molecular weight is 272 g/mol. The van der Waals surface area contributed by atoms with Gasteiger partial charge in [-0.25, -0.2) is 0 Å². The van der Waals surface area contributed by atoms with E-state index in [0.717, 1.165) is 50.0 Å². The molecule has 108 valence electrons. The van der Waals surface area contributed by atoms with E-state index in [4.69, 9.17) is 0 Å². The summed E-state index contributed by atoms with van der Waals surface area (Å²) in [5.41, 5.74) is 3.32. The van der Waals surface area contributed by atoms with Gasteiger partial charge in [0, 0.05) is 30.4 Å². The first kappa shape index (κ1) is 13.5. The molecule has 2 aliphatic rings. The lowest BCUT2D eigenvalue weighted by atomic mass is 9.96. The van der Waals surface area contributed by atoms with Crippen LogP contribution in [0.4, 0.5) is 5.69 Å². The first-order valence-corrected chi connectivity index (χ1v) is 7.98. The summed E-state index contributed by atoms with van der Waals surface area (Å²) in [6.07, 6.45) is 6.76. The maximum Gasteiger partial charge on any atom is 0.254 e. The Morgan fingerprint density at radius 2 is 2.25 bits per heavy atom. The summed E-state index contributed by atoms with van der Waals surface area (Å²) >= 11 is 0. The molecule has 0 bridgehead atoms. The smallest absolute Gasteiger partial charge is 0.254 e. The SMILES string of the molecule is CCCCN(C(=O)c1cccc2c1CCCN2)C1CC1. The van der Waals surface area contributed by atoms with Gasteiger partial charge in [0.1, 0.15) is 0 Å². The maximum atomic E-state index is 12.9. The minimum absolute atomic E-state index is 0.251. The van der Waals surface area contributed by atoms with E-state index in [2.05, 4.69) is 23.2 Å². The minimum atomic E-state index is 0.251. The highest BCUT2D eigenvalue weighted by Crippen LogP contribution is 2.31. The average Bonchev–Trinajstić information content (AvgIpc) is 3.31. The van der Waals surface area contributed by atoms with Gasteiger partial charge in [0.05, 0.1) is 0 Å². The molecular weight excluding hydrogens is 248 g/mol. The Labute approximate surface area is 121 Å². The quantitative estimate of drug-likeness (QED) is 0.890. The highest BCUT2D eigenvalue weighted by atomic mass is 16.2. The molecule has 1 aromatic rings. The Hall–Kier alpha value is -1.51. The zero-order valence-electron chi connectivity index (χ0n) is 12.3. The van der Waals surface area contributed by atoms with Gasteiger partial charge in [-0.05, 0) is 49.8 Å². The van der Waals surface area contributed by atoms with Crippen molar-refractivity contribution in [3.05, 3.63) is 29.3 Å². The first-order chi connectivity index (χ1) is 9.81. The van der Waals surface area contributed by atoms with Crippen molar-refractivity contribution >= 4 is 11.6 Å². The summed E-state index contributed by atoms with van der Waals surface area (Å²) in [6.45, 7) is 4.12. The zero-order valence-corrected chi connectivity index (χ0v) is 12.3. The molecule has 3 rings (SSSR count). The summed E-state index contributed by atoms with van der Waals surface area (Å²) in [4.78, 5) is 15.0. The number of unbranched alkanes of at least 4 members (excludes halogenated alkanes) is 1. The molecule has 0 atom stereocenters. The van der Waals surface area contributed by atoms with Crippen LogP contribution in [0, 0.1) is 0 Å². The molecule has 1 aromatic carbocycles. The van der Waals surface area contributed by atoms with Gasteiger partial charge in [0.15, 0.2) is 0 Å². The van der Waals surface area contributed by atoms with Crippen LogP contribution >= 0.6 is 0 Å². The van der Waals surface area contributed by atoms with Crippen LogP contribution < -0.4 is 5.32 Å². The molecule has 0 unspecified atom stereocenters. The summed E-state index contributed by atoms with van der Waals surface area (Å²) in [7, 11) is 0. The van der Waals surface area contributed by atoms with Crippen molar-refractivity contribution in [1.29, 1.82) is 0 Å². The Balaban J connectivity index is 1.85. The van der Waals surface area contributed by atoms with Crippen molar-refractivity contribution in [1.82, 2.24) is 4.90 Å². The fourth-order valence-electron chi connectivity index (χ4n) is 3.03.